The van der Waals surface area contributed by atoms with Crippen LogP contribution in [-0.4, -0.2) is 12.9 Å². The molecule has 0 nitrogen and oxygen atoms in total. The van der Waals surface area contributed by atoms with E-state index in [0.29, 0.717) is 11.0 Å². The Hall–Kier alpha value is -2.00. The minimum atomic E-state index is -5.02. The number of rotatable bonds is 7. The first-order chi connectivity index (χ1) is 12.0. The monoisotopic (exact) mass is 388 g/mol. The minimum absolute atomic E-state index is 0.231. The molecule has 0 aromatic heterocycles. The molecule has 0 fully saturated rings. The highest BCUT2D eigenvalue weighted by atomic mass is 32.1. The van der Waals surface area contributed by atoms with Crippen LogP contribution in [-0.2, 0) is 0 Å². The average molecular weight is 388 g/mol. The van der Waals surface area contributed by atoms with Gasteiger partial charge in [-0.15, -0.1) is 19.1 Å². The topological polar surface area (TPSA) is 0 Å². The maximum absolute atomic E-state index is 13.4. The van der Waals surface area contributed by atoms with Crippen LogP contribution in [0.2, 0.25) is 0 Å². The van der Waals surface area contributed by atoms with Crippen LogP contribution >= 0.6 is 12.6 Å². The van der Waals surface area contributed by atoms with Gasteiger partial charge in [0.15, 0.2) is 0 Å². The van der Waals surface area contributed by atoms with Crippen LogP contribution in [0.15, 0.2) is 69.5 Å². The summed E-state index contributed by atoms with van der Waals surface area (Å²) in [5.74, 6) is 0.767. The van der Waals surface area contributed by atoms with Crippen LogP contribution in [0.1, 0.15) is 27.2 Å². The van der Waals surface area contributed by atoms with Crippen molar-refractivity contribution in [1.29, 1.82) is 0 Å². The van der Waals surface area contributed by atoms with E-state index in [-0.39, 0.29) is 6.42 Å². The van der Waals surface area contributed by atoms with Crippen molar-refractivity contribution in [2.75, 3.05) is 6.67 Å². The summed E-state index contributed by atoms with van der Waals surface area (Å²) >= 11 is 4.07. The fourth-order valence-corrected chi connectivity index (χ4v) is 1.65. The molecule has 0 saturated carbocycles. The second-order valence-corrected chi connectivity index (χ2v) is 5.95. The SMILES string of the molecule is C#C\C(S)=C/C=C(C)/C(C)=C/C=C(\C)C/C=C\C(F)=C(/CF)C(F)(F)F. The van der Waals surface area contributed by atoms with E-state index in [9.17, 15) is 22.0 Å². The Morgan fingerprint density at radius 3 is 2.04 bits per heavy atom. The van der Waals surface area contributed by atoms with Crippen molar-refractivity contribution in [3.63, 3.8) is 0 Å². The van der Waals surface area contributed by atoms with Gasteiger partial charge in [0, 0.05) is 0 Å². The summed E-state index contributed by atoms with van der Waals surface area (Å²) < 4.78 is 62.8. The van der Waals surface area contributed by atoms with E-state index in [1.165, 1.54) is 6.08 Å². The van der Waals surface area contributed by atoms with Gasteiger partial charge in [0.2, 0.25) is 0 Å². The number of hydrogen-bond donors (Lipinski definition) is 1. The molecule has 0 aromatic carbocycles. The molecule has 0 bridgehead atoms. The van der Waals surface area contributed by atoms with E-state index in [0.717, 1.165) is 16.7 Å². The molecular weight excluding hydrogens is 367 g/mol. The highest BCUT2D eigenvalue weighted by molar-refractivity contribution is 7.84. The van der Waals surface area contributed by atoms with Crippen molar-refractivity contribution in [2.24, 2.45) is 0 Å². The lowest BCUT2D eigenvalue weighted by atomic mass is 10.1. The molecule has 0 N–H and O–H groups in total. The molecular formula is C20H21F5S. The number of alkyl halides is 4. The van der Waals surface area contributed by atoms with Gasteiger partial charge in [-0.05, 0) is 50.5 Å². The van der Waals surface area contributed by atoms with Crippen molar-refractivity contribution in [1.82, 2.24) is 0 Å². The fourth-order valence-electron chi connectivity index (χ4n) is 1.57. The second kappa shape index (κ2) is 11.6. The summed E-state index contributed by atoms with van der Waals surface area (Å²) in [5.41, 5.74) is 0.892. The first kappa shape index (κ1) is 24.0. The van der Waals surface area contributed by atoms with Gasteiger partial charge in [-0.2, -0.15) is 13.2 Å². The Bertz CT molecular complexity index is 707. The molecule has 0 rings (SSSR count). The molecule has 0 aliphatic carbocycles. The van der Waals surface area contributed by atoms with Gasteiger partial charge in [-0.3, -0.25) is 0 Å². The first-order valence-corrected chi connectivity index (χ1v) is 8.04. The van der Waals surface area contributed by atoms with Crippen LogP contribution in [0.3, 0.4) is 0 Å². The highest BCUT2D eigenvalue weighted by Crippen LogP contribution is 2.29. The van der Waals surface area contributed by atoms with E-state index >= 15 is 0 Å². The largest absolute Gasteiger partial charge is 0.418 e. The summed E-state index contributed by atoms with van der Waals surface area (Å²) in [6.07, 6.45) is 9.35. The predicted octanol–water partition coefficient (Wildman–Crippen LogP) is 6.97. The third kappa shape index (κ3) is 9.47. The van der Waals surface area contributed by atoms with Crippen molar-refractivity contribution >= 4 is 12.6 Å². The van der Waals surface area contributed by atoms with Gasteiger partial charge >= 0.3 is 6.18 Å². The summed E-state index contributed by atoms with van der Waals surface area (Å²) in [5, 5.41) is 0. The maximum atomic E-state index is 13.4. The van der Waals surface area contributed by atoms with Crippen LogP contribution in [0.4, 0.5) is 22.0 Å². The summed E-state index contributed by atoms with van der Waals surface area (Å²) in [6, 6.07) is 0. The third-order valence-electron chi connectivity index (χ3n) is 3.35. The summed E-state index contributed by atoms with van der Waals surface area (Å²) in [7, 11) is 0. The zero-order valence-electron chi connectivity index (χ0n) is 14.8. The van der Waals surface area contributed by atoms with E-state index in [1.54, 1.807) is 19.1 Å². The van der Waals surface area contributed by atoms with E-state index in [2.05, 4.69) is 18.5 Å². The number of halogens is 5. The van der Waals surface area contributed by atoms with Gasteiger partial charge < -0.3 is 0 Å². The molecule has 142 valence electrons. The van der Waals surface area contributed by atoms with Gasteiger partial charge in [0.25, 0.3) is 0 Å². The summed E-state index contributed by atoms with van der Waals surface area (Å²) in [4.78, 5) is 0.496. The van der Waals surface area contributed by atoms with Crippen molar-refractivity contribution in [3.8, 4) is 12.3 Å². The smallest absolute Gasteiger partial charge is 0.246 e. The van der Waals surface area contributed by atoms with Gasteiger partial charge in [0.05, 0.1) is 10.5 Å². The van der Waals surface area contributed by atoms with Crippen LogP contribution in [0.25, 0.3) is 0 Å². The molecule has 0 saturated heterocycles. The Labute approximate surface area is 157 Å². The zero-order chi connectivity index (χ0) is 20.3. The highest BCUT2D eigenvalue weighted by Gasteiger charge is 2.36. The van der Waals surface area contributed by atoms with Crippen LogP contribution < -0.4 is 0 Å². The molecule has 0 atom stereocenters. The molecule has 0 spiro atoms. The quantitative estimate of drug-likeness (QED) is 0.207. The molecule has 0 aliphatic heterocycles. The van der Waals surface area contributed by atoms with E-state index in [1.807, 2.05) is 26.0 Å². The third-order valence-corrected chi connectivity index (χ3v) is 3.63. The lowest BCUT2D eigenvalue weighted by Gasteiger charge is -2.07. The Kier molecular flexibility index (Phi) is 10.7. The predicted molar refractivity (Wildman–Crippen MR) is 101 cm³/mol. The van der Waals surface area contributed by atoms with Gasteiger partial charge in [-0.25, -0.2) is 8.78 Å². The van der Waals surface area contributed by atoms with Gasteiger partial charge in [-0.1, -0.05) is 35.8 Å². The van der Waals surface area contributed by atoms with Crippen molar-refractivity contribution in [2.45, 2.75) is 33.4 Å². The molecule has 0 aliphatic rings. The number of allylic oxidation sites excluding steroid dienone is 12. The maximum Gasteiger partial charge on any atom is 0.418 e. The van der Waals surface area contributed by atoms with Gasteiger partial charge in [0.1, 0.15) is 12.5 Å². The molecule has 0 aromatic rings. The number of terminal acetylenes is 1. The van der Waals surface area contributed by atoms with Crippen molar-refractivity contribution in [3.05, 3.63) is 69.5 Å². The molecule has 26 heavy (non-hydrogen) atoms. The Morgan fingerprint density at radius 2 is 1.58 bits per heavy atom. The van der Waals surface area contributed by atoms with Crippen LogP contribution in [0.5, 0.6) is 0 Å². The minimum Gasteiger partial charge on any atom is -0.246 e. The molecule has 0 unspecified atom stereocenters. The molecule has 0 radical (unpaired) electrons. The zero-order valence-corrected chi connectivity index (χ0v) is 15.7. The first-order valence-electron chi connectivity index (χ1n) is 7.59. The van der Waals surface area contributed by atoms with E-state index in [4.69, 9.17) is 6.42 Å². The summed E-state index contributed by atoms with van der Waals surface area (Å²) in [6.45, 7) is 3.62. The molecule has 0 heterocycles. The Balaban J connectivity index is 5.06. The standard InChI is InChI=1S/C20H21F5S/c1-5-17(26)12-11-16(4)15(3)10-9-14(2)7-6-8-19(22)18(13-21)20(23,24)25/h1,6,8-12,26H,7,13H2,2-4H3/b8-6-,14-9+,15-10+,16-11+,17-12+,19-18-. The van der Waals surface area contributed by atoms with Crippen molar-refractivity contribution < 1.29 is 22.0 Å². The molecule has 0 amide bonds. The average Bonchev–Trinajstić information content (AvgIpc) is 2.56. The Morgan fingerprint density at radius 1 is 1.04 bits per heavy atom. The molecule has 6 heteroatoms. The van der Waals surface area contributed by atoms with E-state index < -0.39 is 24.3 Å². The van der Waals surface area contributed by atoms with Crippen LogP contribution in [0, 0.1) is 12.3 Å². The fraction of sp³-hybridized carbons (Fsp3) is 0.300. The lowest BCUT2D eigenvalue weighted by molar-refractivity contribution is -0.0966. The second-order valence-electron chi connectivity index (χ2n) is 5.47. The number of hydrogen-bond acceptors (Lipinski definition) is 1. The normalized spacial score (nSPS) is 16.0. The lowest BCUT2D eigenvalue weighted by Crippen LogP contribution is -2.14. The number of thiol groups is 1.